The van der Waals surface area contributed by atoms with Gasteiger partial charge >= 0.3 is 0 Å². The highest BCUT2D eigenvalue weighted by atomic mass is 16.2. The van der Waals surface area contributed by atoms with Gasteiger partial charge in [-0.25, -0.2) is 0 Å². The van der Waals surface area contributed by atoms with Crippen LogP contribution in [0.1, 0.15) is 125 Å². The van der Waals surface area contributed by atoms with Gasteiger partial charge in [-0.05, 0) is 129 Å². The molecular formula is C30H54O. The fraction of sp³-hybridized carbons (Fsp3) is 1.00. The van der Waals surface area contributed by atoms with E-state index in [9.17, 15) is 5.11 Å². The van der Waals surface area contributed by atoms with Crippen molar-refractivity contribution >= 4 is 0 Å². The molecule has 1 heteroatoms. The van der Waals surface area contributed by atoms with Gasteiger partial charge in [0, 0.05) is 6.61 Å². The van der Waals surface area contributed by atoms with Gasteiger partial charge in [0.15, 0.2) is 0 Å². The predicted octanol–water partition coefficient (Wildman–Crippen LogP) is 8.50. The van der Waals surface area contributed by atoms with E-state index in [-0.39, 0.29) is 0 Å². The SMILES string of the molecule is CC(C)CCC[C@@H](C)[C@H]1CC[C@H]2[C@@H]3CCC4CC(CCCO)CC[C@]4(C)[C@H]3CC[C@]12C. The first-order valence-electron chi connectivity index (χ1n) is 14.4. The van der Waals surface area contributed by atoms with E-state index in [1.807, 2.05) is 0 Å². The first-order valence-corrected chi connectivity index (χ1v) is 14.4. The molecule has 1 N–H and O–H groups in total. The summed E-state index contributed by atoms with van der Waals surface area (Å²) in [6, 6.07) is 0. The minimum atomic E-state index is 0.389. The van der Waals surface area contributed by atoms with E-state index in [0.717, 1.165) is 53.8 Å². The van der Waals surface area contributed by atoms with Gasteiger partial charge in [0.1, 0.15) is 0 Å². The highest BCUT2D eigenvalue weighted by Crippen LogP contribution is 2.68. The van der Waals surface area contributed by atoms with E-state index in [1.54, 1.807) is 0 Å². The summed E-state index contributed by atoms with van der Waals surface area (Å²) in [5.74, 6) is 7.73. The molecule has 0 saturated heterocycles. The molecule has 4 fully saturated rings. The smallest absolute Gasteiger partial charge is 0.0431 e. The Morgan fingerprint density at radius 3 is 2.29 bits per heavy atom. The first-order chi connectivity index (χ1) is 14.8. The van der Waals surface area contributed by atoms with Gasteiger partial charge in [0.2, 0.25) is 0 Å². The summed E-state index contributed by atoms with van der Waals surface area (Å²) < 4.78 is 0. The van der Waals surface area contributed by atoms with Gasteiger partial charge in [-0.2, -0.15) is 0 Å². The van der Waals surface area contributed by atoms with Crippen LogP contribution in [0.25, 0.3) is 0 Å². The largest absolute Gasteiger partial charge is 0.396 e. The van der Waals surface area contributed by atoms with Crippen LogP contribution in [0.15, 0.2) is 0 Å². The fourth-order valence-electron chi connectivity index (χ4n) is 10.0. The number of aliphatic hydroxyl groups excluding tert-OH is 1. The summed E-state index contributed by atoms with van der Waals surface area (Å²) in [5, 5.41) is 9.28. The molecule has 0 amide bonds. The molecule has 31 heavy (non-hydrogen) atoms. The van der Waals surface area contributed by atoms with Crippen LogP contribution in [0.3, 0.4) is 0 Å². The molecule has 0 spiro atoms. The number of fused-ring (bicyclic) bond motifs is 5. The van der Waals surface area contributed by atoms with Crippen LogP contribution in [0, 0.1) is 58.2 Å². The Morgan fingerprint density at radius 2 is 1.55 bits per heavy atom. The molecule has 9 atom stereocenters. The third-order valence-corrected chi connectivity index (χ3v) is 11.7. The van der Waals surface area contributed by atoms with Gasteiger partial charge < -0.3 is 5.11 Å². The summed E-state index contributed by atoms with van der Waals surface area (Å²) in [4.78, 5) is 0. The Balaban J connectivity index is 1.41. The molecule has 0 heterocycles. The van der Waals surface area contributed by atoms with Crippen molar-refractivity contribution in [2.45, 2.75) is 125 Å². The quantitative estimate of drug-likeness (QED) is 0.409. The summed E-state index contributed by atoms with van der Waals surface area (Å²) in [7, 11) is 0. The summed E-state index contributed by atoms with van der Waals surface area (Å²) in [6.45, 7) is 13.2. The van der Waals surface area contributed by atoms with Gasteiger partial charge in [-0.15, -0.1) is 0 Å². The molecule has 0 bridgehead atoms. The van der Waals surface area contributed by atoms with Crippen LogP contribution >= 0.6 is 0 Å². The van der Waals surface area contributed by atoms with Crippen molar-refractivity contribution in [1.29, 1.82) is 0 Å². The average Bonchev–Trinajstić information content (AvgIpc) is 3.09. The Labute approximate surface area is 194 Å². The van der Waals surface area contributed by atoms with E-state index >= 15 is 0 Å². The molecule has 1 nitrogen and oxygen atoms in total. The summed E-state index contributed by atoms with van der Waals surface area (Å²) in [5.41, 5.74) is 1.26. The first kappa shape index (κ1) is 24.1. The Bertz CT molecular complexity index is 583. The number of rotatable bonds is 8. The molecule has 0 aromatic carbocycles. The zero-order valence-corrected chi connectivity index (χ0v) is 21.7. The van der Waals surface area contributed by atoms with E-state index in [1.165, 1.54) is 83.5 Å². The zero-order chi connectivity index (χ0) is 22.2. The normalized spacial score (nSPS) is 45.8. The van der Waals surface area contributed by atoms with Crippen LogP contribution in [0.4, 0.5) is 0 Å². The van der Waals surface area contributed by atoms with E-state index in [4.69, 9.17) is 0 Å². The zero-order valence-electron chi connectivity index (χ0n) is 21.7. The molecule has 2 unspecified atom stereocenters. The minimum absolute atomic E-state index is 0.389. The third-order valence-electron chi connectivity index (χ3n) is 11.7. The average molecular weight is 431 g/mol. The molecule has 0 aromatic rings. The second-order valence-corrected chi connectivity index (χ2v) is 13.7. The molecule has 180 valence electrons. The number of hydrogen-bond acceptors (Lipinski definition) is 1. The van der Waals surface area contributed by atoms with Crippen LogP contribution in [0.5, 0.6) is 0 Å². The molecule has 4 aliphatic rings. The van der Waals surface area contributed by atoms with Crippen molar-refractivity contribution in [2.75, 3.05) is 6.61 Å². The van der Waals surface area contributed by atoms with E-state index in [0.29, 0.717) is 17.4 Å². The Hall–Kier alpha value is -0.0400. The lowest BCUT2D eigenvalue weighted by Gasteiger charge is -2.61. The lowest BCUT2D eigenvalue weighted by Crippen LogP contribution is -2.53. The lowest BCUT2D eigenvalue weighted by atomic mass is 9.44. The molecule has 4 rings (SSSR count). The van der Waals surface area contributed by atoms with Crippen molar-refractivity contribution in [3.63, 3.8) is 0 Å². The third kappa shape index (κ3) is 4.52. The lowest BCUT2D eigenvalue weighted by molar-refractivity contribution is -0.121. The monoisotopic (exact) mass is 430 g/mol. The molecule has 0 aromatic heterocycles. The second kappa shape index (κ2) is 9.68. The molecule has 4 saturated carbocycles. The van der Waals surface area contributed by atoms with Gasteiger partial charge in [0.05, 0.1) is 0 Å². The fourth-order valence-corrected chi connectivity index (χ4v) is 10.0. The maximum absolute atomic E-state index is 9.28. The Kier molecular flexibility index (Phi) is 7.52. The van der Waals surface area contributed by atoms with Crippen molar-refractivity contribution in [2.24, 2.45) is 58.2 Å². The highest BCUT2D eigenvalue weighted by molar-refractivity contribution is 5.09. The molecular weight excluding hydrogens is 376 g/mol. The topological polar surface area (TPSA) is 20.2 Å². The minimum Gasteiger partial charge on any atom is -0.396 e. The molecule has 4 aliphatic carbocycles. The number of hydrogen-bond donors (Lipinski definition) is 1. The maximum Gasteiger partial charge on any atom is 0.0431 e. The van der Waals surface area contributed by atoms with Crippen LogP contribution < -0.4 is 0 Å². The summed E-state index contributed by atoms with van der Waals surface area (Å²) in [6.07, 6.45) is 20.2. The molecule has 0 radical (unpaired) electrons. The van der Waals surface area contributed by atoms with E-state index in [2.05, 4.69) is 34.6 Å². The van der Waals surface area contributed by atoms with Crippen molar-refractivity contribution in [3.8, 4) is 0 Å². The predicted molar refractivity (Wildman–Crippen MR) is 133 cm³/mol. The van der Waals surface area contributed by atoms with Crippen molar-refractivity contribution in [1.82, 2.24) is 0 Å². The number of aliphatic hydroxyl groups is 1. The van der Waals surface area contributed by atoms with Gasteiger partial charge in [-0.1, -0.05) is 53.9 Å². The summed E-state index contributed by atoms with van der Waals surface area (Å²) >= 11 is 0. The maximum atomic E-state index is 9.28. The van der Waals surface area contributed by atoms with Crippen LogP contribution in [-0.2, 0) is 0 Å². The molecule has 0 aliphatic heterocycles. The van der Waals surface area contributed by atoms with Gasteiger partial charge in [-0.3, -0.25) is 0 Å². The standard InChI is InChI=1S/C30H54O/c1-21(2)8-6-9-22(3)26-13-14-27-25-12-11-24-20-23(10-7-19-31)15-17-29(24,4)28(25)16-18-30(26,27)5/h21-28,31H,6-20H2,1-5H3/t22-,23?,24?,25+,26-,27+,28+,29+,30-/m1/s1. The van der Waals surface area contributed by atoms with Crippen LogP contribution in [0.2, 0.25) is 0 Å². The van der Waals surface area contributed by atoms with Gasteiger partial charge in [0.25, 0.3) is 0 Å². The van der Waals surface area contributed by atoms with Crippen molar-refractivity contribution < 1.29 is 5.11 Å². The second-order valence-electron chi connectivity index (χ2n) is 13.7. The highest BCUT2D eigenvalue weighted by Gasteiger charge is 2.60. The van der Waals surface area contributed by atoms with Crippen molar-refractivity contribution in [3.05, 3.63) is 0 Å². The Morgan fingerprint density at radius 1 is 0.806 bits per heavy atom. The van der Waals surface area contributed by atoms with Crippen LogP contribution in [-0.4, -0.2) is 11.7 Å². The van der Waals surface area contributed by atoms with E-state index < -0.39 is 0 Å².